The van der Waals surface area contributed by atoms with Crippen LogP contribution < -0.4 is 4.74 Å². The van der Waals surface area contributed by atoms with Gasteiger partial charge in [-0.05, 0) is 29.3 Å². The zero-order chi connectivity index (χ0) is 13.8. The van der Waals surface area contributed by atoms with Gasteiger partial charge in [-0.1, -0.05) is 12.1 Å². The number of carboxylic acids is 1. The Kier molecular flexibility index (Phi) is 3.75. The maximum atomic E-state index is 13.3. The van der Waals surface area contributed by atoms with E-state index in [-0.39, 0.29) is 12.3 Å². The Morgan fingerprint density at radius 2 is 2.21 bits per heavy atom. The van der Waals surface area contributed by atoms with Crippen molar-refractivity contribution in [1.82, 2.24) is 4.98 Å². The van der Waals surface area contributed by atoms with Gasteiger partial charge in [0.1, 0.15) is 5.82 Å². The van der Waals surface area contributed by atoms with Crippen LogP contribution >= 0.6 is 0 Å². The van der Waals surface area contributed by atoms with Crippen LogP contribution in [0.2, 0.25) is 0 Å². The van der Waals surface area contributed by atoms with Crippen LogP contribution in [0.5, 0.6) is 5.88 Å². The van der Waals surface area contributed by atoms with Gasteiger partial charge in [0.25, 0.3) is 0 Å². The first-order chi connectivity index (χ1) is 9.11. The smallest absolute Gasteiger partial charge is 0.307 e. The highest BCUT2D eigenvalue weighted by Gasteiger charge is 2.15. The molecule has 0 amide bonds. The van der Waals surface area contributed by atoms with Crippen molar-refractivity contribution in [3.63, 3.8) is 0 Å². The van der Waals surface area contributed by atoms with Gasteiger partial charge >= 0.3 is 5.97 Å². The highest BCUT2D eigenvalue weighted by atomic mass is 19.1. The lowest BCUT2D eigenvalue weighted by molar-refractivity contribution is -0.136. The number of aromatic nitrogens is 1. The summed E-state index contributed by atoms with van der Waals surface area (Å²) in [4.78, 5) is 14.9. The molecule has 0 spiro atoms. The Morgan fingerprint density at radius 3 is 2.84 bits per heavy atom. The minimum atomic E-state index is -0.967. The molecule has 0 radical (unpaired) electrons. The van der Waals surface area contributed by atoms with Gasteiger partial charge < -0.3 is 9.84 Å². The lowest BCUT2D eigenvalue weighted by Gasteiger charge is -2.12. The number of rotatable bonds is 4. The van der Waals surface area contributed by atoms with E-state index in [2.05, 4.69) is 4.98 Å². The normalized spacial score (nSPS) is 10.2. The van der Waals surface area contributed by atoms with Gasteiger partial charge in [0.2, 0.25) is 5.88 Å². The number of nitrogens with zero attached hydrogens (tertiary/aromatic N) is 1. The van der Waals surface area contributed by atoms with Crippen LogP contribution in [0.4, 0.5) is 4.39 Å². The Morgan fingerprint density at radius 1 is 1.42 bits per heavy atom. The standard InChI is InChI=1S/C14H12FNO3/c1-19-14-13(9-3-2-4-11(15)7-9)10(5-6-16-14)8-12(17)18/h2-7H,8H2,1H3,(H,17,18). The summed E-state index contributed by atoms with van der Waals surface area (Å²) in [6, 6.07) is 7.49. The molecule has 1 heterocycles. The fraction of sp³-hybridized carbons (Fsp3) is 0.143. The number of ether oxygens (including phenoxy) is 1. The number of hydrogen-bond donors (Lipinski definition) is 1. The SMILES string of the molecule is COc1nccc(CC(=O)O)c1-c1cccc(F)c1. The van der Waals surface area contributed by atoms with Crippen LogP contribution in [-0.4, -0.2) is 23.2 Å². The van der Waals surface area contributed by atoms with Crippen LogP contribution in [-0.2, 0) is 11.2 Å². The zero-order valence-electron chi connectivity index (χ0n) is 10.3. The second kappa shape index (κ2) is 5.48. The summed E-state index contributed by atoms with van der Waals surface area (Å²) in [5, 5.41) is 8.92. The fourth-order valence-corrected chi connectivity index (χ4v) is 1.90. The number of carbonyl (C=O) groups is 1. The monoisotopic (exact) mass is 261 g/mol. The molecule has 0 bridgehead atoms. The second-order valence-corrected chi connectivity index (χ2v) is 3.94. The number of aliphatic carboxylic acids is 1. The van der Waals surface area contributed by atoms with Crippen LogP contribution in [0.15, 0.2) is 36.5 Å². The number of carboxylic acid groups (broad SMARTS) is 1. The first-order valence-electron chi connectivity index (χ1n) is 5.61. The Hall–Kier alpha value is -2.43. The summed E-state index contributed by atoms with van der Waals surface area (Å²) in [5.74, 6) is -1.08. The Labute approximate surface area is 109 Å². The molecule has 1 aromatic heterocycles. The van der Waals surface area contributed by atoms with Gasteiger partial charge in [-0.25, -0.2) is 9.37 Å². The van der Waals surface area contributed by atoms with E-state index in [0.29, 0.717) is 16.7 Å². The molecule has 1 N–H and O–H groups in total. The lowest BCUT2D eigenvalue weighted by atomic mass is 9.99. The molecule has 2 rings (SSSR count). The van der Waals surface area contributed by atoms with Gasteiger partial charge in [0.15, 0.2) is 0 Å². The zero-order valence-corrected chi connectivity index (χ0v) is 10.3. The minimum Gasteiger partial charge on any atom is -0.481 e. The van der Waals surface area contributed by atoms with Gasteiger partial charge in [0, 0.05) is 11.8 Å². The van der Waals surface area contributed by atoms with Gasteiger partial charge in [-0.15, -0.1) is 0 Å². The molecule has 0 saturated heterocycles. The molecule has 0 aliphatic carbocycles. The quantitative estimate of drug-likeness (QED) is 0.918. The maximum Gasteiger partial charge on any atom is 0.307 e. The Bertz CT molecular complexity index is 613. The van der Waals surface area contributed by atoms with Crippen LogP contribution in [0.1, 0.15) is 5.56 Å². The molecule has 0 unspecified atom stereocenters. The minimum absolute atomic E-state index is 0.176. The summed E-state index contributed by atoms with van der Waals surface area (Å²) in [6.45, 7) is 0. The van der Waals surface area contributed by atoms with E-state index in [0.717, 1.165) is 0 Å². The van der Waals surface area contributed by atoms with Crippen LogP contribution in [0, 0.1) is 5.82 Å². The van der Waals surface area contributed by atoms with Crippen molar-refractivity contribution in [2.45, 2.75) is 6.42 Å². The predicted molar refractivity (Wildman–Crippen MR) is 67.5 cm³/mol. The van der Waals surface area contributed by atoms with E-state index in [1.165, 1.54) is 25.4 Å². The highest BCUT2D eigenvalue weighted by molar-refractivity contribution is 5.79. The number of halogens is 1. The topological polar surface area (TPSA) is 59.4 Å². The molecule has 2 aromatic rings. The van der Waals surface area contributed by atoms with Crippen LogP contribution in [0.25, 0.3) is 11.1 Å². The molecule has 19 heavy (non-hydrogen) atoms. The summed E-state index contributed by atoms with van der Waals surface area (Å²) in [6.07, 6.45) is 1.30. The summed E-state index contributed by atoms with van der Waals surface area (Å²) >= 11 is 0. The first-order valence-corrected chi connectivity index (χ1v) is 5.61. The lowest BCUT2D eigenvalue weighted by Crippen LogP contribution is -2.04. The van der Waals surface area contributed by atoms with Crippen molar-refractivity contribution in [1.29, 1.82) is 0 Å². The van der Waals surface area contributed by atoms with E-state index >= 15 is 0 Å². The molecule has 4 nitrogen and oxygen atoms in total. The van der Waals surface area contributed by atoms with Crippen molar-refractivity contribution in [2.24, 2.45) is 0 Å². The number of hydrogen-bond acceptors (Lipinski definition) is 3. The van der Waals surface area contributed by atoms with E-state index < -0.39 is 11.8 Å². The van der Waals surface area contributed by atoms with E-state index in [1.807, 2.05) is 0 Å². The van der Waals surface area contributed by atoms with E-state index in [4.69, 9.17) is 9.84 Å². The van der Waals surface area contributed by atoms with Crippen molar-refractivity contribution in [3.8, 4) is 17.0 Å². The molecule has 0 atom stereocenters. The van der Waals surface area contributed by atoms with E-state index in [1.54, 1.807) is 18.2 Å². The van der Waals surface area contributed by atoms with Crippen molar-refractivity contribution in [3.05, 3.63) is 47.9 Å². The number of benzene rings is 1. The van der Waals surface area contributed by atoms with Gasteiger partial charge in [-0.2, -0.15) is 0 Å². The van der Waals surface area contributed by atoms with Gasteiger partial charge in [0.05, 0.1) is 13.5 Å². The van der Waals surface area contributed by atoms with Crippen molar-refractivity contribution < 1.29 is 19.0 Å². The largest absolute Gasteiger partial charge is 0.481 e. The molecule has 98 valence electrons. The highest BCUT2D eigenvalue weighted by Crippen LogP contribution is 2.32. The molecule has 1 aromatic carbocycles. The molecular weight excluding hydrogens is 249 g/mol. The number of methoxy groups -OCH3 is 1. The molecular formula is C14H12FNO3. The van der Waals surface area contributed by atoms with Gasteiger partial charge in [-0.3, -0.25) is 4.79 Å². The molecule has 0 aliphatic rings. The maximum absolute atomic E-state index is 13.3. The molecule has 0 fully saturated rings. The number of pyridine rings is 1. The first kappa shape index (κ1) is 13.0. The Balaban J connectivity index is 2.61. The van der Waals surface area contributed by atoms with Crippen molar-refractivity contribution in [2.75, 3.05) is 7.11 Å². The summed E-state index contributed by atoms with van der Waals surface area (Å²) in [5.41, 5.74) is 1.58. The summed E-state index contributed by atoms with van der Waals surface area (Å²) in [7, 11) is 1.44. The third-order valence-electron chi connectivity index (χ3n) is 2.65. The average Bonchev–Trinajstić information content (AvgIpc) is 2.37. The van der Waals surface area contributed by atoms with Crippen LogP contribution in [0.3, 0.4) is 0 Å². The fourth-order valence-electron chi connectivity index (χ4n) is 1.90. The predicted octanol–water partition coefficient (Wildman–Crippen LogP) is 2.52. The third kappa shape index (κ3) is 2.88. The average molecular weight is 261 g/mol. The van der Waals surface area contributed by atoms with Crippen molar-refractivity contribution >= 4 is 5.97 Å². The molecule has 5 heteroatoms. The summed E-state index contributed by atoms with van der Waals surface area (Å²) < 4.78 is 18.4. The molecule has 0 aliphatic heterocycles. The van der Waals surface area contributed by atoms with E-state index in [9.17, 15) is 9.18 Å². The second-order valence-electron chi connectivity index (χ2n) is 3.94. The third-order valence-corrected chi connectivity index (χ3v) is 2.65. The molecule has 0 saturated carbocycles.